The predicted molar refractivity (Wildman–Crippen MR) is 129 cm³/mol. The molecule has 0 saturated carbocycles. The Bertz CT molecular complexity index is 923. The highest BCUT2D eigenvalue weighted by atomic mass is 32.1. The second kappa shape index (κ2) is 11.0. The number of likely N-dealkylation sites (tertiary alicyclic amines) is 1. The molecule has 5 nitrogen and oxygen atoms in total. The molecule has 0 atom stereocenters. The first kappa shape index (κ1) is 21.4. The Labute approximate surface area is 189 Å². The number of thiocarbonyl (C=S) groups is 1. The van der Waals surface area contributed by atoms with Crippen LogP contribution in [0.5, 0.6) is 11.5 Å². The molecule has 6 heteroatoms. The van der Waals surface area contributed by atoms with Crippen LogP contribution >= 0.6 is 12.2 Å². The van der Waals surface area contributed by atoms with Gasteiger partial charge in [0.2, 0.25) is 0 Å². The van der Waals surface area contributed by atoms with Gasteiger partial charge in [-0.1, -0.05) is 24.6 Å². The Balaban J connectivity index is 1.36. The summed E-state index contributed by atoms with van der Waals surface area (Å²) >= 11 is 5.76. The molecule has 0 radical (unpaired) electrons. The topological polar surface area (TPSA) is 40.9 Å². The van der Waals surface area contributed by atoms with Crippen LogP contribution in [0.2, 0.25) is 0 Å². The van der Waals surface area contributed by atoms with Crippen molar-refractivity contribution in [2.45, 2.75) is 25.8 Å². The van der Waals surface area contributed by atoms with Crippen molar-refractivity contribution in [3.05, 3.63) is 78.8 Å². The normalized spacial score (nSPS) is 14.2. The van der Waals surface area contributed by atoms with Gasteiger partial charge < -0.3 is 24.3 Å². The van der Waals surface area contributed by atoms with Gasteiger partial charge in [0.25, 0.3) is 0 Å². The van der Waals surface area contributed by atoms with Gasteiger partial charge in [-0.15, -0.1) is 0 Å². The summed E-state index contributed by atoms with van der Waals surface area (Å²) in [6.07, 6.45) is 5.63. The smallest absolute Gasteiger partial charge is 0.173 e. The molecule has 4 rings (SSSR count). The predicted octanol–water partition coefficient (Wildman–Crippen LogP) is 5.76. The molecule has 3 aromatic rings. The summed E-state index contributed by atoms with van der Waals surface area (Å²) in [7, 11) is 0. The van der Waals surface area contributed by atoms with Crippen LogP contribution in [0.1, 0.15) is 25.0 Å². The lowest BCUT2D eigenvalue weighted by Gasteiger charge is -2.31. The molecule has 2 aromatic carbocycles. The van der Waals surface area contributed by atoms with Crippen molar-refractivity contribution in [3.63, 3.8) is 0 Å². The van der Waals surface area contributed by atoms with Gasteiger partial charge in [-0.05, 0) is 86.7 Å². The van der Waals surface area contributed by atoms with E-state index < -0.39 is 0 Å². The lowest BCUT2D eigenvalue weighted by Crippen LogP contribution is -2.41. The minimum absolute atomic E-state index is 0.655. The maximum absolute atomic E-state index is 5.87. The van der Waals surface area contributed by atoms with Crippen molar-refractivity contribution in [3.8, 4) is 11.5 Å². The van der Waals surface area contributed by atoms with Crippen molar-refractivity contribution >= 4 is 23.0 Å². The molecule has 1 N–H and O–H groups in total. The number of hydrogen-bond donors (Lipinski definition) is 1. The highest BCUT2D eigenvalue weighted by Gasteiger charge is 2.16. The van der Waals surface area contributed by atoms with Crippen LogP contribution in [-0.2, 0) is 6.54 Å². The third-order valence-corrected chi connectivity index (χ3v) is 5.79. The van der Waals surface area contributed by atoms with Crippen LogP contribution in [0.3, 0.4) is 0 Å². The monoisotopic (exact) mass is 435 g/mol. The average molecular weight is 436 g/mol. The van der Waals surface area contributed by atoms with E-state index in [-0.39, 0.29) is 0 Å². The van der Waals surface area contributed by atoms with E-state index in [0.29, 0.717) is 11.7 Å². The Morgan fingerprint density at radius 3 is 2.39 bits per heavy atom. The molecule has 1 saturated heterocycles. The van der Waals surface area contributed by atoms with Crippen LogP contribution in [0.15, 0.2) is 77.4 Å². The average Bonchev–Trinajstić information content (AvgIpc) is 3.32. The summed E-state index contributed by atoms with van der Waals surface area (Å²) in [6.45, 7) is 4.88. The number of ether oxygens (including phenoxy) is 1. The maximum Gasteiger partial charge on any atom is 0.173 e. The Hall–Kier alpha value is -2.83. The third-order valence-electron chi connectivity index (χ3n) is 5.43. The minimum Gasteiger partial charge on any atom is -0.467 e. The van der Waals surface area contributed by atoms with Gasteiger partial charge in [-0.2, -0.15) is 0 Å². The molecule has 1 aromatic heterocycles. The maximum atomic E-state index is 5.87. The number of benzene rings is 2. The van der Waals surface area contributed by atoms with E-state index in [0.717, 1.165) is 36.0 Å². The number of nitrogens with zero attached hydrogens (tertiary/aromatic N) is 2. The van der Waals surface area contributed by atoms with Crippen LogP contribution in [0, 0.1) is 0 Å². The second-order valence-electron chi connectivity index (χ2n) is 7.77. The number of anilines is 1. The van der Waals surface area contributed by atoms with Gasteiger partial charge in [-0.3, -0.25) is 0 Å². The number of nitrogens with one attached hydrogen (secondary N) is 1. The van der Waals surface area contributed by atoms with Gasteiger partial charge in [0, 0.05) is 18.8 Å². The van der Waals surface area contributed by atoms with E-state index in [2.05, 4.69) is 15.1 Å². The van der Waals surface area contributed by atoms with E-state index in [1.165, 1.54) is 32.4 Å². The summed E-state index contributed by atoms with van der Waals surface area (Å²) in [5.74, 6) is 2.52. The van der Waals surface area contributed by atoms with E-state index in [4.69, 9.17) is 21.4 Å². The largest absolute Gasteiger partial charge is 0.467 e. The fourth-order valence-electron chi connectivity index (χ4n) is 3.72. The molecule has 1 aliphatic heterocycles. The van der Waals surface area contributed by atoms with E-state index in [1.54, 1.807) is 6.26 Å². The Morgan fingerprint density at radius 2 is 1.68 bits per heavy atom. The fraction of sp³-hybridized carbons (Fsp3) is 0.320. The highest BCUT2D eigenvalue weighted by Crippen LogP contribution is 2.23. The molecule has 0 unspecified atom stereocenters. The number of rotatable bonds is 8. The van der Waals surface area contributed by atoms with Gasteiger partial charge in [0.1, 0.15) is 17.3 Å². The molecular weight excluding hydrogens is 406 g/mol. The van der Waals surface area contributed by atoms with Crippen molar-refractivity contribution in [1.29, 1.82) is 0 Å². The molecular formula is C25H29N3O2S. The number of furan rings is 1. The van der Waals surface area contributed by atoms with Gasteiger partial charge in [0.15, 0.2) is 5.11 Å². The van der Waals surface area contributed by atoms with E-state index in [9.17, 15) is 0 Å². The zero-order chi connectivity index (χ0) is 21.3. The van der Waals surface area contributed by atoms with Crippen molar-refractivity contribution in [1.82, 2.24) is 9.80 Å². The molecule has 0 aliphatic carbocycles. The van der Waals surface area contributed by atoms with Crippen molar-refractivity contribution in [2.24, 2.45) is 0 Å². The first-order valence-electron chi connectivity index (χ1n) is 10.9. The molecule has 1 fully saturated rings. The standard InChI is InChI=1S/C25H29N3O2S/c31-25(26-21-11-13-23(14-12-21)30-22-8-3-1-4-9-22)28(20-24-10-7-19-29-24)18-17-27-15-5-2-6-16-27/h1,3-4,7-14,19H,2,5-6,15-18,20H2,(H,26,31). The highest BCUT2D eigenvalue weighted by molar-refractivity contribution is 7.80. The van der Waals surface area contributed by atoms with E-state index >= 15 is 0 Å². The molecule has 0 spiro atoms. The lowest BCUT2D eigenvalue weighted by molar-refractivity contribution is 0.207. The van der Waals surface area contributed by atoms with Gasteiger partial charge in [-0.25, -0.2) is 0 Å². The summed E-state index contributed by atoms with van der Waals surface area (Å²) in [4.78, 5) is 4.70. The second-order valence-corrected chi connectivity index (χ2v) is 8.16. The van der Waals surface area contributed by atoms with Gasteiger partial charge in [0.05, 0.1) is 12.8 Å². The summed E-state index contributed by atoms with van der Waals surface area (Å²) in [6, 6.07) is 21.5. The fourth-order valence-corrected chi connectivity index (χ4v) is 4.00. The molecule has 2 heterocycles. The van der Waals surface area contributed by atoms with Crippen LogP contribution < -0.4 is 10.1 Å². The lowest BCUT2D eigenvalue weighted by atomic mass is 10.1. The zero-order valence-corrected chi connectivity index (χ0v) is 18.5. The zero-order valence-electron chi connectivity index (χ0n) is 17.7. The van der Waals surface area contributed by atoms with Crippen LogP contribution in [0.25, 0.3) is 0 Å². The van der Waals surface area contributed by atoms with Gasteiger partial charge >= 0.3 is 0 Å². The first-order valence-corrected chi connectivity index (χ1v) is 11.3. The van der Waals surface area contributed by atoms with Crippen molar-refractivity contribution in [2.75, 3.05) is 31.5 Å². The Morgan fingerprint density at radius 1 is 0.935 bits per heavy atom. The van der Waals surface area contributed by atoms with Crippen molar-refractivity contribution < 1.29 is 9.15 Å². The number of para-hydroxylation sites is 1. The quantitative estimate of drug-likeness (QED) is 0.454. The molecule has 0 bridgehead atoms. The Kier molecular flexibility index (Phi) is 7.58. The number of piperidine rings is 1. The molecule has 162 valence electrons. The summed E-state index contributed by atoms with van der Waals surface area (Å²) in [5, 5.41) is 4.07. The molecule has 1 aliphatic rings. The number of hydrogen-bond acceptors (Lipinski definition) is 4. The summed E-state index contributed by atoms with van der Waals surface area (Å²) < 4.78 is 11.4. The minimum atomic E-state index is 0.655. The van der Waals surface area contributed by atoms with Crippen LogP contribution in [0.4, 0.5) is 5.69 Å². The van der Waals surface area contributed by atoms with Crippen LogP contribution in [-0.4, -0.2) is 41.1 Å². The third kappa shape index (κ3) is 6.57. The molecule has 31 heavy (non-hydrogen) atoms. The summed E-state index contributed by atoms with van der Waals surface area (Å²) in [5.41, 5.74) is 0.938. The first-order chi connectivity index (χ1) is 15.3. The molecule has 0 amide bonds. The van der Waals surface area contributed by atoms with E-state index in [1.807, 2.05) is 66.7 Å². The SMILES string of the molecule is S=C(Nc1ccc(Oc2ccccc2)cc1)N(CCN1CCCCC1)Cc1ccco1.